The highest BCUT2D eigenvalue weighted by Gasteiger charge is 2.47. The molecule has 0 N–H and O–H groups in total. The fourth-order valence-electron chi connectivity index (χ4n) is 4.15. The van der Waals surface area contributed by atoms with Gasteiger partial charge in [-0.1, -0.05) is 19.8 Å². The van der Waals surface area contributed by atoms with Crippen LogP contribution in [0.25, 0.3) is 0 Å². The van der Waals surface area contributed by atoms with Crippen molar-refractivity contribution in [2.24, 2.45) is 11.3 Å². The van der Waals surface area contributed by atoms with Gasteiger partial charge in [0.2, 0.25) is 5.91 Å². The molecule has 2 aliphatic heterocycles. The highest BCUT2D eigenvalue weighted by atomic mass is 16.5. The van der Waals surface area contributed by atoms with Crippen molar-refractivity contribution in [1.82, 2.24) is 9.80 Å². The van der Waals surface area contributed by atoms with E-state index in [0.717, 1.165) is 65.1 Å². The topological polar surface area (TPSA) is 56.6 Å². The molecule has 2 atom stereocenters. The van der Waals surface area contributed by atoms with Crippen molar-refractivity contribution in [3.8, 4) is 6.07 Å². The van der Waals surface area contributed by atoms with Crippen molar-refractivity contribution < 1.29 is 9.53 Å². The average molecular weight is 291 g/mol. The molecular formula is C16H25N3O2. The fraction of sp³-hybridized carbons (Fsp3) is 0.875. The van der Waals surface area contributed by atoms with E-state index in [1.165, 1.54) is 0 Å². The molecule has 2 heterocycles. The third-order valence-electron chi connectivity index (χ3n) is 5.46. The number of carbonyl (C=O) groups excluding carboxylic acids is 1. The zero-order valence-corrected chi connectivity index (χ0v) is 12.9. The Morgan fingerprint density at radius 3 is 2.52 bits per heavy atom. The Hall–Kier alpha value is -1.12. The van der Waals surface area contributed by atoms with Crippen LogP contribution in [0.3, 0.4) is 0 Å². The summed E-state index contributed by atoms with van der Waals surface area (Å²) in [5.74, 6) is 0.564. The van der Waals surface area contributed by atoms with Crippen LogP contribution in [0.15, 0.2) is 0 Å². The van der Waals surface area contributed by atoms with Gasteiger partial charge >= 0.3 is 0 Å². The summed E-state index contributed by atoms with van der Waals surface area (Å²) in [6, 6.07) is 2.76. The third-order valence-corrected chi connectivity index (χ3v) is 5.46. The summed E-state index contributed by atoms with van der Waals surface area (Å²) in [7, 11) is 0. The number of morpholine rings is 1. The monoisotopic (exact) mass is 291 g/mol. The minimum absolute atomic E-state index is 0.0881. The van der Waals surface area contributed by atoms with Gasteiger partial charge in [-0.2, -0.15) is 5.26 Å². The zero-order chi connectivity index (χ0) is 14.9. The molecule has 3 aliphatic rings. The van der Waals surface area contributed by atoms with Crippen molar-refractivity contribution in [1.29, 1.82) is 5.26 Å². The first-order valence-electron chi connectivity index (χ1n) is 8.19. The second-order valence-electron chi connectivity index (χ2n) is 6.80. The Balaban J connectivity index is 1.67. The van der Waals surface area contributed by atoms with Gasteiger partial charge in [0.1, 0.15) is 5.41 Å². The molecule has 0 radical (unpaired) electrons. The smallest absolute Gasteiger partial charge is 0.243 e. The van der Waals surface area contributed by atoms with Gasteiger partial charge in [0.05, 0.1) is 19.3 Å². The van der Waals surface area contributed by atoms with Gasteiger partial charge in [-0.3, -0.25) is 9.69 Å². The largest absolute Gasteiger partial charge is 0.379 e. The molecule has 1 amide bonds. The number of likely N-dealkylation sites (tertiary alicyclic amines) is 1. The van der Waals surface area contributed by atoms with Crippen LogP contribution in [0.4, 0.5) is 0 Å². The Bertz CT molecular complexity index is 433. The maximum Gasteiger partial charge on any atom is 0.243 e. The molecule has 0 aromatic heterocycles. The third kappa shape index (κ3) is 2.67. The fourth-order valence-corrected chi connectivity index (χ4v) is 4.15. The van der Waals surface area contributed by atoms with Crippen LogP contribution in [0.2, 0.25) is 0 Å². The van der Waals surface area contributed by atoms with Crippen molar-refractivity contribution in [3.63, 3.8) is 0 Å². The number of nitrogens with zero attached hydrogens (tertiary/aromatic N) is 3. The molecule has 0 aromatic rings. The van der Waals surface area contributed by atoms with Gasteiger partial charge < -0.3 is 9.64 Å². The number of amides is 1. The van der Waals surface area contributed by atoms with Crippen LogP contribution < -0.4 is 0 Å². The van der Waals surface area contributed by atoms with Gasteiger partial charge in [0.15, 0.2) is 0 Å². The summed E-state index contributed by atoms with van der Waals surface area (Å²) in [5, 5.41) is 9.50. The van der Waals surface area contributed by atoms with E-state index in [0.29, 0.717) is 12.0 Å². The summed E-state index contributed by atoms with van der Waals surface area (Å²) in [6.07, 6.45) is 3.51. The lowest BCUT2D eigenvalue weighted by Gasteiger charge is -2.34. The first-order chi connectivity index (χ1) is 10.2. The Morgan fingerprint density at radius 2 is 1.90 bits per heavy atom. The first kappa shape index (κ1) is 14.8. The molecule has 0 unspecified atom stereocenters. The molecule has 0 aromatic carbocycles. The highest BCUT2D eigenvalue weighted by Crippen LogP contribution is 2.40. The van der Waals surface area contributed by atoms with Gasteiger partial charge in [0.25, 0.3) is 0 Å². The van der Waals surface area contributed by atoms with Crippen LogP contribution in [0.1, 0.15) is 32.6 Å². The minimum Gasteiger partial charge on any atom is -0.379 e. The van der Waals surface area contributed by atoms with Crippen molar-refractivity contribution in [2.75, 3.05) is 39.4 Å². The zero-order valence-electron chi connectivity index (χ0n) is 12.9. The van der Waals surface area contributed by atoms with Crippen LogP contribution in [-0.4, -0.2) is 61.1 Å². The molecule has 5 nitrogen and oxygen atoms in total. The van der Waals surface area contributed by atoms with E-state index in [-0.39, 0.29) is 5.91 Å². The first-order valence-corrected chi connectivity index (χ1v) is 8.19. The Morgan fingerprint density at radius 1 is 1.24 bits per heavy atom. The summed E-state index contributed by atoms with van der Waals surface area (Å²) >= 11 is 0. The Kier molecular flexibility index (Phi) is 4.19. The van der Waals surface area contributed by atoms with Crippen molar-refractivity contribution in [3.05, 3.63) is 0 Å². The SMILES string of the molecule is C[C@@H]1CN(C(=O)C2(C#N)CCCC2)C[C@H]1N1CCOCC1. The quantitative estimate of drug-likeness (QED) is 0.768. The summed E-state index contributed by atoms with van der Waals surface area (Å²) in [6.45, 7) is 7.30. The molecule has 1 saturated carbocycles. The lowest BCUT2D eigenvalue weighted by molar-refractivity contribution is -0.138. The summed E-state index contributed by atoms with van der Waals surface area (Å²) in [5.41, 5.74) is -0.723. The number of hydrogen-bond donors (Lipinski definition) is 0. The predicted octanol–water partition coefficient (Wildman–Crippen LogP) is 1.25. The van der Waals surface area contributed by atoms with Crippen LogP contribution in [-0.2, 0) is 9.53 Å². The van der Waals surface area contributed by atoms with Crippen LogP contribution >= 0.6 is 0 Å². The van der Waals surface area contributed by atoms with E-state index in [4.69, 9.17) is 4.74 Å². The van der Waals surface area contributed by atoms with Crippen molar-refractivity contribution in [2.45, 2.75) is 38.6 Å². The Labute approximate surface area is 126 Å². The van der Waals surface area contributed by atoms with Gasteiger partial charge in [-0.25, -0.2) is 0 Å². The maximum absolute atomic E-state index is 12.8. The van der Waals surface area contributed by atoms with E-state index < -0.39 is 5.41 Å². The normalized spacial score (nSPS) is 33.0. The predicted molar refractivity (Wildman–Crippen MR) is 78.4 cm³/mol. The van der Waals surface area contributed by atoms with Crippen LogP contribution in [0.5, 0.6) is 0 Å². The second-order valence-corrected chi connectivity index (χ2v) is 6.80. The summed E-state index contributed by atoms with van der Waals surface area (Å²) < 4.78 is 5.42. The molecule has 116 valence electrons. The van der Waals surface area contributed by atoms with E-state index in [1.807, 2.05) is 4.90 Å². The van der Waals surface area contributed by atoms with E-state index in [1.54, 1.807) is 0 Å². The number of nitriles is 1. The van der Waals surface area contributed by atoms with Gasteiger partial charge in [0, 0.05) is 32.2 Å². The van der Waals surface area contributed by atoms with Crippen LogP contribution in [0, 0.1) is 22.7 Å². The highest BCUT2D eigenvalue weighted by molar-refractivity contribution is 5.86. The van der Waals surface area contributed by atoms with E-state index in [2.05, 4.69) is 17.9 Å². The maximum atomic E-state index is 12.8. The molecule has 3 fully saturated rings. The molecule has 5 heteroatoms. The molecular weight excluding hydrogens is 266 g/mol. The average Bonchev–Trinajstić information content (AvgIpc) is 3.15. The number of rotatable bonds is 2. The number of ether oxygens (including phenoxy) is 1. The molecule has 2 saturated heterocycles. The van der Waals surface area contributed by atoms with Crippen molar-refractivity contribution >= 4 is 5.91 Å². The van der Waals surface area contributed by atoms with E-state index >= 15 is 0 Å². The lowest BCUT2D eigenvalue weighted by Crippen LogP contribution is -2.48. The standard InChI is InChI=1S/C16H25N3O2/c1-13-10-19(11-14(13)18-6-8-21-9-7-18)15(20)16(12-17)4-2-3-5-16/h13-14H,2-11H2,1H3/t13-,14-/m1/s1. The molecule has 0 bridgehead atoms. The molecule has 3 rings (SSSR count). The van der Waals surface area contributed by atoms with Gasteiger partial charge in [-0.05, 0) is 18.8 Å². The molecule has 21 heavy (non-hydrogen) atoms. The molecule has 0 spiro atoms. The summed E-state index contributed by atoms with van der Waals surface area (Å²) in [4.78, 5) is 17.2. The number of carbonyl (C=O) groups is 1. The minimum atomic E-state index is -0.723. The lowest BCUT2D eigenvalue weighted by atomic mass is 9.86. The number of hydrogen-bond acceptors (Lipinski definition) is 4. The molecule has 1 aliphatic carbocycles. The van der Waals surface area contributed by atoms with E-state index in [9.17, 15) is 10.1 Å². The second kappa shape index (κ2) is 5.94. The van der Waals surface area contributed by atoms with Gasteiger partial charge in [-0.15, -0.1) is 0 Å².